The van der Waals surface area contributed by atoms with Crippen molar-refractivity contribution in [2.75, 3.05) is 0 Å². The van der Waals surface area contributed by atoms with Crippen molar-refractivity contribution in [2.45, 2.75) is 6.92 Å². The van der Waals surface area contributed by atoms with Gasteiger partial charge in [0.15, 0.2) is 5.84 Å². The van der Waals surface area contributed by atoms with Gasteiger partial charge < -0.3 is 10.9 Å². The van der Waals surface area contributed by atoms with Gasteiger partial charge in [-0.3, -0.25) is 0 Å². The lowest BCUT2D eigenvalue weighted by Gasteiger charge is -1.96. The fourth-order valence-corrected chi connectivity index (χ4v) is 0.646. The lowest BCUT2D eigenvalue weighted by Crippen LogP contribution is -2.15. The highest BCUT2D eigenvalue weighted by Crippen LogP contribution is 1.94. The number of oxime groups is 1. The molecule has 1 aromatic rings. The summed E-state index contributed by atoms with van der Waals surface area (Å²) in [6.07, 6.45) is 1.36. The van der Waals surface area contributed by atoms with Crippen molar-refractivity contribution in [3.8, 4) is 0 Å². The average molecular weight is 152 g/mol. The van der Waals surface area contributed by atoms with Crippen molar-refractivity contribution in [1.29, 1.82) is 0 Å². The van der Waals surface area contributed by atoms with Crippen LogP contribution in [-0.4, -0.2) is 21.0 Å². The number of amidine groups is 1. The van der Waals surface area contributed by atoms with Crippen LogP contribution in [0.2, 0.25) is 0 Å². The second-order valence-electron chi connectivity index (χ2n) is 2.03. The number of rotatable bonds is 1. The second-order valence-corrected chi connectivity index (χ2v) is 2.03. The molecule has 0 radical (unpaired) electrons. The number of nitrogens with two attached hydrogens (primary N) is 1. The van der Waals surface area contributed by atoms with Gasteiger partial charge >= 0.3 is 0 Å². The van der Waals surface area contributed by atoms with E-state index in [2.05, 4.69) is 15.1 Å². The zero-order chi connectivity index (χ0) is 8.27. The standard InChI is InChI=1S/C6H8N4O/c1-4-2-5(6(7)10-11)9-3-8-4/h2-3,11H,1H3,(H2,7,10). The molecule has 0 aliphatic heterocycles. The predicted octanol–water partition coefficient (Wildman–Crippen LogP) is -0.120. The molecule has 0 atom stereocenters. The van der Waals surface area contributed by atoms with Gasteiger partial charge in [0.2, 0.25) is 0 Å². The molecule has 0 unspecified atom stereocenters. The highest BCUT2D eigenvalue weighted by molar-refractivity contribution is 5.95. The lowest BCUT2D eigenvalue weighted by atomic mass is 10.3. The van der Waals surface area contributed by atoms with Crippen LogP contribution in [0.5, 0.6) is 0 Å². The molecule has 0 fully saturated rings. The molecule has 0 aromatic carbocycles. The Bertz CT molecular complexity index is 284. The molecule has 0 aliphatic rings. The van der Waals surface area contributed by atoms with Crippen LogP contribution in [0.15, 0.2) is 17.5 Å². The van der Waals surface area contributed by atoms with E-state index in [1.54, 1.807) is 13.0 Å². The third-order valence-electron chi connectivity index (χ3n) is 1.17. The first kappa shape index (κ1) is 7.46. The largest absolute Gasteiger partial charge is 0.409 e. The lowest BCUT2D eigenvalue weighted by molar-refractivity contribution is 0.318. The van der Waals surface area contributed by atoms with Crippen LogP contribution in [0.4, 0.5) is 0 Å². The molecule has 0 spiro atoms. The summed E-state index contributed by atoms with van der Waals surface area (Å²) in [5.41, 5.74) is 6.48. The molecule has 1 aromatic heterocycles. The van der Waals surface area contributed by atoms with Crippen LogP contribution >= 0.6 is 0 Å². The first-order valence-corrected chi connectivity index (χ1v) is 3.00. The van der Waals surface area contributed by atoms with Gasteiger partial charge in [0.1, 0.15) is 12.0 Å². The molecular weight excluding hydrogens is 144 g/mol. The summed E-state index contributed by atoms with van der Waals surface area (Å²) in [4.78, 5) is 7.64. The maximum Gasteiger partial charge on any atom is 0.188 e. The second kappa shape index (κ2) is 2.96. The zero-order valence-corrected chi connectivity index (χ0v) is 6.02. The van der Waals surface area contributed by atoms with E-state index in [9.17, 15) is 0 Å². The topological polar surface area (TPSA) is 84.4 Å². The van der Waals surface area contributed by atoms with E-state index in [0.717, 1.165) is 5.69 Å². The fraction of sp³-hybridized carbons (Fsp3) is 0.167. The molecule has 0 bridgehead atoms. The van der Waals surface area contributed by atoms with Gasteiger partial charge in [-0.25, -0.2) is 9.97 Å². The highest BCUT2D eigenvalue weighted by Gasteiger charge is 1.99. The minimum Gasteiger partial charge on any atom is -0.409 e. The molecule has 0 amide bonds. The molecular formula is C6H8N4O. The van der Waals surface area contributed by atoms with Crippen molar-refractivity contribution in [3.05, 3.63) is 23.8 Å². The first-order valence-electron chi connectivity index (χ1n) is 3.00. The van der Waals surface area contributed by atoms with Gasteiger partial charge in [-0.1, -0.05) is 5.16 Å². The summed E-state index contributed by atoms with van der Waals surface area (Å²) in [5.74, 6) is -0.00417. The van der Waals surface area contributed by atoms with E-state index < -0.39 is 0 Å². The minimum atomic E-state index is -0.00417. The summed E-state index contributed by atoms with van der Waals surface area (Å²) in [6, 6.07) is 1.63. The van der Waals surface area contributed by atoms with Gasteiger partial charge in [-0.15, -0.1) is 0 Å². The third kappa shape index (κ3) is 1.64. The maximum atomic E-state index is 8.28. The SMILES string of the molecule is Cc1cc(/C(N)=N/O)ncn1. The Hall–Kier alpha value is -1.65. The van der Waals surface area contributed by atoms with E-state index in [1.165, 1.54) is 6.33 Å². The van der Waals surface area contributed by atoms with Crippen LogP contribution in [0.1, 0.15) is 11.4 Å². The van der Waals surface area contributed by atoms with Crippen LogP contribution in [0, 0.1) is 6.92 Å². The Labute approximate surface area is 63.6 Å². The van der Waals surface area contributed by atoms with Crippen LogP contribution < -0.4 is 5.73 Å². The molecule has 5 heteroatoms. The normalized spacial score (nSPS) is 11.5. The zero-order valence-electron chi connectivity index (χ0n) is 6.02. The predicted molar refractivity (Wildman–Crippen MR) is 39.3 cm³/mol. The Morgan fingerprint density at radius 2 is 2.36 bits per heavy atom. The Balaban J connectivity index is 3.06. The van der Waals surface area contributed by atoms with Gasteiger partial charge in [0.25, 0.3) is 0 Å². The summed E-state index contributed by atoms with van der Waals surface area (Å²) in [6.45, 7) is 1.80. The number of hydrogen-bond acceptors (Lipinski definition) is 4. The summed E-state index contributed by atoms with van der Waals surface area (Å²) < 4.78 is 0. The molecule has 1 rings (SSSR count). The monoisotopic (exact) mass is 152 g/mol. The van der Waals surface area contributed by atoms with Crippen molar-refractivity contribution in [2.24, 2.45) is 10.9 Å². The minimum absolute atomic E-state index is 0.00417. The average Bonchev–Trinajstić information content (AvgIpc) is 2.03. The van der Waals surface area contributed by atoms with Crippen LogP contribution in [0.25, 0.3) is 0 Å². The molecule has 5 nitrogen and oxygen atoms in total. The molecule has 0 saturated heterocycles. The third-order valence-corrected chi connectivity index (χ3v) is 1.17. The van der Waals surface area contributed by atoms with Gasteiger partial charge in [0.05, 0.1) is 0 Å². The van der Waals surface area contributed by atoms with Crippen LogP contribution in [-0.2, 0) is 0 Å². The summed E-state index contributed by atoms with van der Waals surface area (Å²) in [7, 11) is 0. The summed E-state index contributed by atoms with van der Waals surface area (Å²) in [5, 5.41) is 11.1. The molecule has 11 heavy (non-hydrogen) atoms. The van der Waals surface area contributed by atoms with Crippen molar-refractivity contribution >= 4 is 5.84 Å². The Morgan fingerprint density at radius 3 is 2.91 bits per heavy atom. The first-order chi connectivity index (χ1) is 5.24. The van der Waals surface area contributed by atoms with Crippen molar-refractivity contribution < 1.29 is 5.21 Å². The van der Waals surface area contributed by atoms with E-state index in [0.29, 0.717) is 5.69 Å². The van der Waals surface area contributed by atoms with E-state index in [1.807, 2.05) is 0 Å². The van der Waals surface area contributed by atoms with Crippen molar-refractivity contribution in [3.63, 3.8) is 0 Å². The number of aryl methyl sites for hydroxylation is 1. The molecule has 58 valence electrons. The van der Waals surface area contributed by atoms with Crippen LogP contribution in [0.3, 0.4) is 0 Å². The Kier molecular flexibility index (Phi) is 2.00. The summed E-state index contributed by atoms with van der Waals surface area (Å²) >= 11 is 0. The number of hydrogen-bond donors (Lipinski definition) is 2. The maximum absolute atomic E-state index is 8.28. The Morgan fingerprint density at radius 1 is 1.64 bits per heavy atom. The van der Waals surface area contributed by atoms with E-state index >= 15 is 0 Å². The quantitative estimate of drug-likeness (QED) is 0.254. The van der Waals surface area contributed by atoms with Gasteiger partial charge in [-0.05, 0) is 13.0 Å². The number of nitrogens with zero attached hydrogens (tertiary/aromatic N) is 3. The van der Waals surface area contributed by atoms with Gasteiger partial charge in [-0.2, -0.15) is 0 Å². The molecule has 1 heterocycles. The van der Waals surface area contributed by atoms with Gasteiger partial charge in [0, 0.05) is 5.69 Å². The highest BCUT2D eigenvalue weighted by atomic mass is 16.4. The molecule has 0 saturated carbocycles. The van der Waals surface area contributed by atoms with E-state index in [4.69, 9.17) is 10.9 Å². The smallest absolute Gasteiger partial charge is 0.188 e. The van der Waals surface area contributed by atoms with E-state index in [-0.39, 0.29) is 5.84 Å². The molecule has 0 aliphatic carbocycles. The van der Waals surface area contributed by atoms with Crippen molar-refractivity contribution in [1.82, 2.24) is 9.97 Å². The fourth-order valence-electron chi connectivity index (χ4n) is 0.646. The molecule has 3 N–H and O–H groups in total. The number of aromatic nitrogens is 2.